The molecule has 4 nitrogen and oxygen atoms in total. The van der Waals surface area contributed by atoms with Gasteiger partial charge in [0.2, 0.25) is 0 Å². The Bertz CT molecular complexity index is 1050. The number of piperidine rings is 2. The average Bonchev–Trinajstić information content (AvgIpc) is 3.45. The van der Waals surface area contributed by atoms with Crippen molar-refractivity contribution in [2.45, 2.75) is 101 Å². The minimum Gasteiger partial charge on any atom is -0.319 e. The summed E-state index contributed by atoms with van der Waals surface area (Å²) in [4.78, 5) is 12.9. The fourth-order valence-corrected chi connectivity index (χ4v) is 8.41. The van der Waals surface area contributed by atoms with Crippen molar-refractivity contribution in [1.82, 2.24) is 14.5 Å². The third-order valence-electron chi connectivity index (χ3n) is 9.61. The van der Waals surface area contributed by atoms with E-state index in [-0.39, 0.29) is 0 Å². The first-order valence-corrected chi connectivity index (χ1v) is 13.8. The van der Waals surface area contributed by atoms with E-state index in [1.807, 2.05) is 0 Å². The van der Waals surface area contributed by atoms with Crippen LogP contribution in [-0.4, -0.2) is 44.8 Å². The van der Waals surface area contributed by atoms with Crippen LogP contribution in [0.2, 0.25) is 0 Å². The van der Waals surface area contributed by atoms with E-state index in [1.165, 1.54) is 82.6 Å². The van der Waals surface area contributed by atoms with E-state index in [2.05, 4.69) is 45.9 Å². The maximum absolute atomic E-state index is 5.09. The van der Waals surface area contributed by atoms with Crippen LogP contribution < -0.4 is 0 Å². The molecule has 6 atom stereocenters. The standard InChI is InChI=1S/C29H38N4/c1-2-8-21-15-20(7-1)16-24(17-21)32-22-9-5-10-23(32)19-25(18-22)33-28-13-4-3-11-26(28)31-29(33)27-12-6-14-30-27/h3-4,6,11-13,20-25H,1-2,5,7-10,14-19H2/t20-,21+,22-,23+,24?,25?. The molecule has 4 heteroatoms. The highest BCUT2D eigenvalue weighted by atomic mass is 15.3. The van der Waals surface area contributed by atoms with Gasteiger partial charge in [-0.1, -0.05) is 50.3 Å². The monoisotopic (exact) mass is 442 g/mol. The summed E-state index contributed by atoms with van der Waals surface area (Å²) in [5.41, 5.74) is 3.50. The first kappa shape index (κ1) is 20.4. The summed E-state index contributed by atoms with van der Waals surface area (Å²) in [7, 11) is 0. The fourth-order valence-electron chi connectivity index (χ4n) is 8.41. The van der Waals surface area contributed by atoms with Gasteiger partial charge in [-0.3, -0.25) is 9.89 Å². The predicted octanol–water partition coefficient (Wildman–Crippen LogP) is 6.31. The molecule has 3 aliphatic heterocycles. The highest BCUT2D eigenvalue weighted by Crippen LogP contribution is 2.47. The SMILES string of the molecule is C1=CC(c2nc3ccccc3n2C2C[C@H]3CCC[C@@H](C2)N3C2C[C@H]3CCCC[C@@H](C2)C3)=NC1. The molecule has 0 amide bonds. The molecule has 4 heterocycles. The maximum Gasteiger partial charge on any atom is 0.159 e. The summed E-state index contributed by atoms with van der Waals surface area (Å²) < 4.78 is 2.59. The van der Waals surface area contributed by atoms with Gasteiger partial charge in [0.15, 0.2) is 5.82 Å². The molecular formula is C29H38N4. The molecular weight excluding hydrogens is 404 g/mol. The summed E-state index contributed by atoms with van der Waals surface area (Å²) >= 11 is 0. The van der Waals surface area contributed by atoms with Crippen LogP contribution in [0.3, 0.4) is 0 Å². The van der Waals surface area contributed by atoms with Gasteiger partial charge in [0.05, 0.1) is 17.6 Å². The van der Waals surface area contributed by atoms with Gasteiger partial charge in [0.25, 0.3) is 0 Å². The van der Waals surface area contributed by atoms with Crippen LogP contribution in [-0.2, 0) is 0 Å². The van der Waals surface area contributed by atoms with E-state index >= 15 is 0 Å². The van der Waals surface area contributed by atoms with Crippen molar-refractivity contribution in [1.29, 1.82) is 0 Å². The lowest BCUT2D eigenvalue weighted by molar-refractivity contribution is -0.0417. The Morgan fingerprint density at radius 2 is 1.48 bits per heavy atom. The second kappa shape index (κ2) is 8.37. The van der Waals surface area contributed by atoms with Crippen molar-refractivity contribution in [2.75, 3.05) is 6.54 Å². The summed E-state index contributed by atoms with van der Waals surface area (Å²) in [5.74, 6) is 3.11. The molecule has 4 bridgehead atoms. The van der Waals surface area contributed by atoms with E-state index in [9.17, 15) is 0 Å². The van der Waals surface area contributed by atoms with Crippen LogP contribution >= 0.6 is 0 Å². The molecule has 2 unspecified atom stereocenters. The molecule has 1 aromatic heterocycles. The molecule has 4 fully saturated rings. The van der Waals surface area contributed by atoms with Crippen LogP contribution in [0.25, 0.3) is 11.0 Å². The molecule has 2 saturated carbocycles. The topological polar surface area (TPSA) is 33.4 Å². The Morgan fingerprint density at radius 1 is 0.727 bits per heavy atom. The Hall–Kier alpha value is -1.94. The van der Waals surface area contributed by atoms with E-state index in [4.69, 9.17) is 9.98 Å². The third-order valence-corrected chi connectivity index (χ3v) is 9.61. The van der Waals surface area contributed by atoms with E-state index in [1.54, 1.807) is 0 Å². The Kier molecular flexibility index (Phi) is 5.19. The van der Waals surface area contributed by atoms with Gasteiger partial charge < -0.3 is 4.57 Å². The molecule has 0 spiro atoms. The smallest absolute Gasteiger partial charge is 0.159 e. The zero-order valence-electron chi connectivity index (χ0n) is 19.9. The van der Waals surface area contributed by atoms with Crippen molar-refractivity contribution in [2.24, 2.45) is 16.8 Å². The molecule has 2 aliphatic carbocycles. The number of fused-ring (bicyclic) bond motifs is 5. The van der Waals surface area contributed by atoms with E-state index in [0.29, 0.717) is 6.04 Å². The van der Waals surface area contributed by atoms with Gasteiger partial charge >= 0.3 is 0 Å². The quantitative estimate of drug-likeness (QED) is 0.558. The van der Waals surface area contributed by atoms with Crippen LogP contribution in [0.5, 0.6) is 0 Å². The number of imidazole rings is 1. The molecule has 0 N–H and O–H groups in total. The van der Waals surface area contributed by atoms with Crippen LogP contribution in [0.1, 0.15) is 88.9 Å². The van der Waals surface area contributed by atoms with Crippen molar-refractivity contribution < 1.29 is 0 Å². The first-order valence-electron chi connectivity index (χ1n) is 13.8. The zero-order valence-corrected chi connectivity index (χ0v) is 19.9. The van der Waals surface area contributed by atoms with Gasteiger partial charge in [0, 0.05) is 24.2 Å². The summed E-state index contributed by atoms with van der Waals surface area (Å²) in [6.07, 6.45) is 21.6. The van der Waals surface area contributed by atoms with Crippen LogP contribution in [0, 0.1) is 11.8 Å². The minimum absolute atomic E-state index is 0.543. The van der Waals surface area contributed by atoms with Crippen molar-refractivity contribution >= 4 is 16.7 Å². The Labute approximate surface area is 198 Å². The van der Waals surface area contributed by atoms with Crippen molar-refractivity contribution in [3.8, 4) is 0 Å². The zero-order chi connectivity index (χ0) is 21.8. The summed E-state index contributed by atoms with van der Waals surface area (Å²) in [6, 6.07) is 11.6. The second-order valence-electron chi connectivity index (χ2n) is 11.6. The van der Waals surface area contributed by atoms with Crippen molar-refractivity contribution in [3.05, 3.63) is 42.2 Å². The third kappa shape index (κ3) is 3.60. The number of aromatic nitrogens is 2. The van der Waals surface area contributed by atoms with Gasteiger partial charge in [-0.25, -0.2) is 4.98 Å². The molecule has 33 heavy (non-hydrogen) atoms. The maximum atomic E-state index is 5.09. The second-order valence-corrected chi connectivity index (χ2v) is 11.6. The van der Waals surface area contributed by atoms with Gasteiger partial charge in [0.1, 0.15) is 5.71 Å². The van der Waals surface area contributed by atoms with Gasteiger partial charge in [-0.15, -0.1) is 0 Å². The molecule has 0 radical (unpaired) electrons. The largest absolute Gasteiger partial charge is 0.319 e. The Morgan fingerprint density at radius 3 is 2.21 bits per heavy atom. The van der Waals surface area contributed by atoms with Gasteiger partial charge in [-0.05, 0) is 75.0 Å². The predicted molar refractivity (Wildman–Crippen MR) is 135 cm³/mol. The lowest BCUT2D eigenvalue weighted by Gasteiger charge is -2.54. The van der Waals surface area contributed by atoms with Crippen LogP contribution in [0.4, 0.5) is 0 Å². The highest BCUT2D eigenvalue weighted by Gasteiger charge is 2.45. The lowest BCUT2D eigenvalue weighted by Crippen LogP contribution is -2.58. The number of rotatable bonds is 3. The van der Waals surface area contributed by atoms with Crippen LogP contribution in [0.15, 0.2) is 41.4 Å². The van der Waals surface area contributed by atoms with E-state index in [0.717, 1.165) is 53.6 Å². The number of nitrogens with zero attached hydrogens (tertiary/aromatic N) is 4. The number of benzene rings is 1. The van der Waals surface area contributed by atoms with E-state index < -0.39 is 0 Å². The summed E-state index contributed by atoms with van der Waals surface area (Å²) in [6.45, 7) is 0.798. The summed E-state index contributed by atoms with van der Waals surface area (Å²) in [5, 5.41) is 0. The number of allylic oxidation sites excluding steroid dienone is 1. The molecule has 2 aromatic rings. The van der Waals surface area contributed by atoms with Crippen molar-refractivity contribution in [3.63, 3.8) is 0 Å². The molecule has 5 aliphatic rings. The Balaban J connectivity index is 1.21. The number of para-hydroxylation sites is 2. The number of aliphatic imine (C=N–C) groups is 1. The molecule has 7 rings (SSSR count). The number of hydrogen-bond donors (Lipinski definition) is 0. The normalized spacial score (nSPS) is 36.7. The molecule has 2 saturated heterocycles. The first-order chi connectivity index (χ1) is 16.3. The fraction of sp³-hybridized carbons (Fsp3) is 0.655. The molecule has 174 valence electrons. The minimum atomic E-state index is 0.543. The average molecular weight is 443 g/mol. The number of hydrogen-bond acceptors (Lipinski definition) is 3. The van der Waals surface area contributed by atoms with Gasteiger partial charge in [-0.2, -0.15) is 0 Å². The lowest BCUT2D eigenvalue weighted by atomic mass is 9.73. The molecule has 1 aromatic carbocycles. The highest BCUT2D eigenvalue weighted by molar-refractivity contribution is 6.09.